The molecule has 1 aromatic heterocycles. The number of hydrogen-bond acceptors (Lipinski definition) is 4. The fraction of sp³-hybridized carbons (Fsp3) is 0.450. The number of aryl methyl sites for hydroxylation is 2. The number of hydrogen-bond donors (Lipinski definition) is 0. The summed E-state index contributed by atoms with van der Waals surface area (Å²) in [6, 6.07) is 11.8. The smallest absolute Gasteiger partial charge is 0.274 e. The van der Waals surface area contributed by atoms with E-state index < -0.39 is 0 Å². The van der Waals surface area contributed by atoms with Crippen LogP contribution < -0.4 is 4.74 Å². The molecule has 5 heteroatoms. The molecule has 1 amide bonds. The fourth-order valence-electron chi connectivity index (χ4n) is 3.63. The summed E-state index contributed by atoms with van der Waals surface area (Å²) in [4.78, 5) is 14.6. The number of aromatic nitrogens is 2. The van der Waals surface area contributed by atoms with Gasteiger partial charge in [-0.2, -0.15) is 5.10 Å². The quantitative estimate of drug-likeness (QED) is 0.864. The van der Waals surface area contributed by atoms with Crippen LogP contribution in [0.2, 0.25) is 0 Å². The minimum Gasteiger partial charge on any atom is -0.490 e. The van der Waals surface area contributed by atoms with Crippen LogP contribution in [0.5, 0.6) is 5.75 Å². The lowest BCUT2D eigenvalue weighted by Crippen LogP contribution is -2.42. The molecule has 2 aliphatic rings. The van der Waals surface area contributed by atoms with Crippen molar-refractivity contribution in [1.29, 1.82) is 0 Å². The highest BCUT2D eigenvalue weighted by Crippen LogP contribution is 2.22. The number of para-hydroxylation sites is 1. The lowest BCUT2D eigenvalue weighted by molar-refractivity contribution is 0.0589. The molecule has 2 aromatic rings. The number of ether oxygens (including phenoxy) is 1. The highest BCUT2D eigenvalue weighted by Gasteiger charge is 2.26. The maximum atomic E-state index is 12.7. The second kappa shape index (κ2) is 7.21. The topological polar surface area (TPSA) is 55.3 Å². The van der Waals surface area contributed by atoms with E-state index in [2.05, 4.69) is 10.2 Å². The summed E-state index contributed by atoms with van der Waals surface area (Å²) in [7, 11) is 0. The summed E-state index contributed by atoms with van der Waals surface area (Å²) >= 11 is 0. The fourth-order valence-corrected chi connectivity index (χ4v) is 3.63. The maximum absolute atomic E-state index is 12.7. The standard InChI is InChI=1S/C20H23N3O2/c24-20(19-14-15-6-4-5-9-18(15)21-22-19)23-12-10-17(11-13-23)25-16-7-2-1-3-8-16/h1-3,7-8,14,17H,4-6,9-13H2. The van der Waals surface area contributed by atoms with Crippen molar-refractivity contribution in [3.63, 3.8) is 0 Å². The van der Waals surface area contributed by atoms with Gasteiger partial charge < -0.3 is 9.64 Å². The molecular weight excluding hydrogens is 314 g/mol. The number of fused-ring (bicyclic) bond motifs is 1. The number of piperidine rings is 1. The van der Waals surface area contributed by atoms with Crippen LogP contribution in [0.4, 0.5) is 0 Å². The van der Waals surface area contributed by atoms with Crippen LogP contribution in [0.1, 0.15) is 47.4 Å². The molecule has 0 bridgehead atoms. The van der Waals surface area contributed by atoms with E-state index >= 15 is 0 Å². The van der Waals surface area contributed by atoms with E-state index in [1.165, 1.54) is 18.4 Å². The van der Waals surface area contributed by atoms with Gasteiger partial charge in [0.2, 0.25) is 0 Å². The van der Waals surface area contributed by atoms with Gasteiger partial charge in [-0.1, -0.05) is 18.2 Å². The van der Waals surface area contributed by atoms with E-state index in [0.717, 1.165) is 37.1 Å². The number of carbonyl (C=O) groups is 1. The molecular formula is C20H23N3O2. The molecule has 1 aliphatic heterocycles. The first kappa shape index (κ1) is 16.1. The highest BCUT2D eigenvalue weighted by atomic mass is 16.5. The van der Waals surface area contributed by atoms with Gasteiger partial charge in [-0.25, -0.2) is 0 Å². The van der Waals surface area contributed by atoms with Gasteiger partial charge in [0.1, 0.15) is 11.9 Å². The minimum absolute atomic E-state index is 0.000894. The van der Waals surface area contributed by atoms with Crippen molar-refractivity contribution in [1.82, 2.24) is 15.1 Å². The normalized spacial score (nSPS) is 17.8. The van der Waals surface area contributed by atoms with Crippen molar-refractivity contribution in [2.45, 2.75) is 44.6 Å². The van der Waals surface area contributed by atoms with Crippen LogP contribution in [0.15, 0.2) is 36.4 Å². The zero-order valence-electron chi connectivity index (χ0n) is 14.4. The first-order valence-corrected chi connectivity index (χ1v) is 9.16. The molecule has 4 rings (SSSR count). The zero-order chi connectivity index (χ0) is 17.1. The molecule has 0 N–H and O–H groups in total. The second-order valence-corrected chi connectivity index (χ2v) is 6.83. The number of benzene rings is 1. The van der Waals surface area contributed by atoms with Gasteiger partial charge in [-0.05, 0) is 49.4 Å². The third-order valence-electron chi connectivity index (χ3n) is 5.06. The summed E-state index contributed by atoms with van der Waals surface area (Å²) in [5.41, 5.74) is 2.76. The Hall–Kier alpha value is -2.43. The van der Waals surface area contributed by atoms with Crippen LogP contribution in [0, 0.1) is 0 Å². The molecule has 0 unspecified atom stereocenters. The summed E-state index contributed by atoms with van der Waals surface area (Å²) in [6.07, 6.45) is 6.20. The van der Waals surface area contributed by atoms with Gasteiger partial charge in [-0.15, -0.1) is 5.10 Å². The molecule has 2 heterocycles. The molecule has 1 aromatic carbocycles. The average molecular weight is 337 g/mol. The van der Waals surface area contributed by atoms with Crippen molar-refractivity contribution in [3.05, 3.63) is 53.3 Å². The summed E-state index contributed by atoms with van der Waals surface area (Å²) < 4.78 is 6.00. The SMILES string of the molecule is O=C(c1cc2c(nn1)CCCC2)N1CCC(Oc2ccccc2)CC1. The predicted octanol–water partition coefficient (Wildman–Crippen LogP) is 3.04. The first-order valence-electron chi connectivity index (χ1n) is 9.16. The van der Waals surface area contributed by atoms with Crippen molar-refractivity contribution in [3.8, 4) is 5.75 Å². The maximum Gasteiger partial charge on any atom is 0.274 e. The van der Waals surface area contributed by atoms with Gasteiger partial charge >= 0.3 is 0 Å². The van der Waals surface area contributed by atoms with Crippen molar-refractivity contribution in [2.75, 3.05) is 13.1 Å². The molecule has 130 valence electrons. The average Bonchev–Trinajstić information content (AvgIpc) is 2.68. The Morgan fingerprint density at radius 2 is 1.80 bits per heavy atom. The molecule has 25 heavy (non-hydrogen) atoms. The van der Waals surface area contributed by atoms with Crippen LogP contribution in [-0.2, 0) is 12.8 Å². The van der Waals surface area contributed by atoms with Crippen molar-refractivity contribution < 1.29 is 9.53 Å². The Morgan fingerprint density at radius 1 is 1.04 bits per heavy atom. The Balaban J connectivity index is 1.36. The van der Waals surface area contributed by atoms with Crippen LogP contribution >= 0.6 is 0 Å². The predicted molar refractivity (Wildman–Crippen MR) is 94.7 cm³/mol. The molecule has 0 radical (unpaired) electrons. The van der Waals surface area contributed by atoms with E-state index in [0.29, 0.717) is 18.8 Å². The zero-order valence-corrected chi connectivity index (χ0v) is 14.4. The van der Waals surface area contributed by atoms with E-state index in [1.54, 1.807) is 0 Å². The van der Waals surface area contributed by atoms with Crippen molar-refractivity contribution >= 4 is 5.91 Å². The van der Waals surface area contributed by atoms with Gasteiger partial charge in [0, 0.05) is 25.9 Å². The summed E-state index contributed by atoms with van der Waals surface area (Å²) in [5, 5.41) is 8.47. The molecule has 1 fully saturated rings. The Labute approximate surface area is 148 Å². The van der Waals surface area contributed by atoms with Gasteiger partial charge in [-0.3, -0.25) is 4.79 Å². The molecule has 1 aliphatic carbocycles. The van der Waals surface area contributed by atoms with Crippen LogP contribution in [0.25, 0.3) is 0 Å². The molecule has 0 atom stereocenters. The Kier molecular flexibility index (Phi) is 4.63. The molecule has 1 saturated heterocycles. The minimum atomic E-state index is -0.000894. The Bertz CT molecular complexity index is 740. The van der Waals surface area contributed by atoms with Gasteiger partial charge in [0.15, 0.2) is 5.69 Å². The number of carbonyl (C=O) groups excluding carboxylic acids is 1. The lowest BCUT2D eigenvalue weighted by atomic mass is 9.96. The Morgan fingerprint density at radius 3 is 2.60 bits per heavy atom. The van der Waals surface area contributed by atoms with Crippen molar-refractivity contribution in [2.24, 2.45) is 0 Å². The van der Waals surface area contributed by atoms with Gasteiger partial charge in [0.05, 0.1) is 5.69 Å². The van der Waals surface area contributed by atoms with E-state index in [4.69, 9.17) is 4.74 Å². The second-order valence-electron chi connectivity index (χ2n) is 6.83. The summed E-state index contributed by atoms with van der Waals surface area (Å²) in [5.74, 6) is 0.895. The van der Waals surface area contributed by atoms with E-state index in [9.17, 15) is 4.79 Å². The number of nitrogens with zero attached hydrogens (tertiary/aromatic N) is 3. The molecule has 0 spiro atoms. The third kappa shape index (κ3) is 3.65. The van der Waals surface area contributed by atoms with E-state index in [-0.39, 0.29) is 12.0 Å². The lowest BCUT2D eigenvalue weighted by Gasteiger charge is -2.32. The monoisotopic (exact) mass is 337 g/mol. The molecule has 5 nitrogen and oxygen atoms in total. The van der Waals surface area contributed by atoms with E-state index in [1.807, 2.05) is 41.3 Å². The largest absolute Gasteiger partial charge is 0.490 e. The highest BCUT2D eigenvalue weighted by molar-refractivity contribution is 5.92. The number of amides is 1. The summed E-state index contributed by atoms with van der Waals surface area (Å²) in [6.45, 7) is 1.41. The van der Waals surface area contributed by atoms with Crippen LogP contribution in [0.3, 0.4) is 0 Å². The molecule has 0 saturated carbocycles. The third-order valence-corrected chi connectivity index (χ3v) is 5.06. The van der Waals surface area contributed by atoms with Gasteiger partial charge in [0.25, 0.3) is 5.91 Å². The van der Waals surface area contributed by atoms with Crippen LogP contribution in [-0.4, -0.2) is 40.2 Å². The number of rotatable bonds is 3. The number of likely N-dealkylation sites (tertiary alicyclic amines) is 1. The first-order chi connectivity index (χ1) is 12.3.